The Bertz CT molecular complexity index is 1150. The molecule has 4 rings (SSSR count). The number of furan rings is 1. The van der Waals surface area contributed by atoms with Crippen LogP contribution in [0.15, 0.2) is 51.6 Å². The highest BCUT2D eigenvalue weighted by molar-refractivity contribution is 6.02. The van der Waals surface area contributed by atoms with Crippen molar-refractivity contribution in [1.82, 2.24) is 15.5 Å². The van der Waals surface area contributed by atoms with Gasteiger partial charge in [0, 0.05) is 31.1 Å². The molecule has 0 radical (unpaired) electrons. The molecule has 3 N–H and O–H groups in total. The van der Waals surface area contributed by atoms with E-state index in [9.17, 15) is 14.4 Å². The van der Waals surface area contributed by atoms with Gasteiger partial charge in [0.2, 0.25) is 17.7 Å². The van der Waals surface area contributed by atoms with Gasteiger partial charge in [0.1, 0.15) is 5.54 Å². The third-order valence-electron chi connectivity index (χ3n) is 6.01. The predicted octanol–water partition coefficient (Wildman–Crippen LogP) is 4.17. The second-order valence-corrected chi connectivity index (χ2v) is 8.75. The summed E-state index contributed by atoms with van der Waals surface area (Å²) in [6.45, 7) is 1.50. The topological polar surface area (TPSA) is 139 Å². The van der Waals surface area contributed by atoms with E-state index in [4.69, 9.17) is 8.94 Å². The molecule has 1 aliphatic rings. The number of benzene rings is 1. The minimum Gasteiger partial charge on any atom is -0.459 e. The number of hydrogen-bond acceptors (Lipinski definition) is 7. The van der Waals surface area contributed by atoms with Crippen molar-refractivity contribution in [2.24, 2.45) is 0 Å². The molecule has 1 aliphatic carbocycles. The Morgan fingerprint density at radius 3 is 2.29 bits per heavy atom. The molecule has 184 valence electrons. The van der Waals surface area contributed by atoms with Crippen molar-refractivity contribution in [3.8, 4) is 0 Å². The molecule has 0 atom stereocenters. The van der Waals surface area contributed by atoms with Crippen LogP contribution in [0.5, 0.6) is 0 Å². The van der Waals surface area contributed by atoms with Crippen molar-refractivity contribution < 1.29 is 23.3 Å². The first-order chi connectivity index (χ1) is 16.9. The van der Waals surface area contributed by atoms with Crippen molar-refractivity contribution in [2.75, 3.05) is 10.6 Å². The standard InChI is InChI=1S/C25H29N5O5/c1-17(31)29-25(14-4-2-3-5-15-25)24-28-22(35-30-24)13-12-21(32)26-18-8-10-19(11-9-18)27-23(33)20-7-6-16-34-20/h6-11,16H,2-5,12-15H2,1H3,(H,26,32)(H,27,33)(H,29,31). The van der Waals surface area contributed by atoms with E-state index in [1.807, 2.05) is 0 Å². The molecule has 10 heteroatoms. The fraction of sp³-hybridized carbons (Fsp3) is 0.400. The van der Waals surface area contributed by atoms with Crippen LogP contribution >= 0.6 is 0 Å². The third-order valence-corrected chi connectivity index (χ3v) is 6.01. The van der Waals surface area contributed by atoms with Gasteiger partial charge in [-0.25, -0.2) is 0 Å². The van der Waals surface area contributed by atoms with E-state index in [1.165, 1.54) is 13.2 Å². The molecule has 0 aliphatic heterocycles. The van der Waals surface area contributed by atoms with Crippen LogP contribution in [0.2, 0.25) is 0 Å². The van der Waals surface area contributed by atoms with E-state index in [-0.39, 0.29) is 36.3 Å². The van der Waals surface area contributed by atoms with E-state index in [0.717, 1.165) is 38.5 Å². The van der Waals surface area contributed by atoms with E-state index < -0.39 is 5.54 Å². The maximum Gasteiger partial charge on any atom is 0.291 e. The largest absolute Gasteiger partial charge is 0.459 e. The fourth-order valence-electron chi connectivity index (χ4n) is 4.31. The number of nitrogens with zero attached hydrogens (tertiary/aromatic N) is 2. The lowest BCUT2D eigenvalue weighted by Crippen LogP contribution is -2.45. The Hall–Kier alpha value is -3.95. The van der Waals surface area contributed by atoms with Gasteiger partial charge >= 0.3 is 0 Å². The van der Waals surface area contributed by atoms with Crippen LogP contribution in [0.25, 0.3) is 0 Å². The maximum atomic E-state index is 12.4. The lowest BCUT2D eigenvalue weighted by atomic mass is 9.89. The first kappa shape index (κ1) is 24.2. The van der Waals surface area contributed by atoms with Crippen LogP contribution in [0.3, 0.4) is 0 Å². The molecule has 35 heavy (non-hydrogen) atoms. The second-order valence-electron chi connectivity index (χ2n) is 8.75. The fourth-order valence-corrected chi connectivity index (χ4v) is 4.31. The summed E-state index contributed by atoms with van der Waals surface area (Å²) in [5, 5.41) is 12.7. The molecular weight excluding hydrogens is 450 g/mol. The summed E-state index contributed by atoms with van der Waals surface area (Å²) in [6, 6.07) is 9.99. The minimum atomic E-state index is -0.611. The molecule has 2 aromatic heterocycles. The Morgan fingerprint density at radius 2 is 1.66 bits per heavy atom. The van der Waals surface area contributed by atoms with Crippen molar-refractivity contribution in [3.63, 3.8) is 0 Å². The van der Waals surface area contributed by atoms with Crippen molar-refractivity contribution >= 4 is 29.1 Å². The van der Waals surface area contributed by atoms with Gasteiger partial charge in [0.15, 0.2) is 11.6 Å². The van der Waals surface area contributed by atoms with Gasteiger partial charge < -0.3 is 24.9 Å². The Balaban J connectivity index is 1.30. The van der Waals surface area contributed by atoms with Crippen molar-refractivity contribution in [3.05, 3.63) is 60.1 Å². The zero-order valence-corrected chi connectivity index (χ0v) is 19.6. The van der Waals surface area contributed by atoms with Gasteiger partial charge in [-0.1, -0.05) is 30.8 Å². The van der Waals surface area contributed by atoms with E-state index in [0.29, 0.717) is 23.1 Å². The number of carbonyl (C=O) groups is 3. The number of carbonyl (C=O) groups excluding carboxylic acids is 3. The van der Waals surface area contributed by atoms with Crippen molar-refractivity contribution in [2.45, 2.75) is 63.8 Å². The molecule has 3 aromatic rings. The molecule has 0 spiro atoms. The lowest BCUT2D eigenvalue weighted by Gasteiger charge is -2.30. The molecule has 0 unspecified atom stereocenters. The average Bonchev–Trinajstić information content (AvgIpc) is 3.49. The molecule has 10 nitrogen and oxygen atoms in total. The minimum absolute atomic E-state index is 0.121. The molecular formula is C25H29N5O5. The quantitative estimate of drug-likeness (QED) is 0.412. The predicted molar refractivity (Wildman–Crippen MR) is 128 cm³/mol. The van der Waals surface area contributed by atoms with E-state index in [2.05, 4.69) is 26.1 Å². The highest BCUT2D eigenvalue weighted by Crippen LogP contribution is 2.34. The van der Waals surface area contributed by atoms with Gasteiger partial charge in [-0.15, -0.1) is 0 Å². The summed E-state index contributed by atoms with van der Waals surface area (Å²) in [4.78, 5) is 40.8. The van der Waals surface area contributed by atoms with E-state index in [1.54, 1.807) is 36.4 Å². The molecule has 3 amide bonds. The normalized spacial score (nSPS) is 15.1. The van der Waals surface area contributed by atoms with Crippen LogP contribution in [-0.2, 0) is 21.5 Å². The number of hydrogen-bond donors (Lipinski definition) is 3. The van der Waals surface area contributed by atoms with Gasteiger partial charge in [0.25, 0.3) is 5.91 Å². The number of amides is 3. The van der Waals surface area contributed by atoms with Gasteiger partial charge in [-0.2, -0.15) is 4.98 Å². The zero-order valence-electron chi connectivity index (χ0n) is 19.6. The molecule has 1 fully saturated rings. The van der Waals surface area contributed by atoms with Crippen LogP contribution < -0.4 is 16.0 Å². The highest BCUT2D eigenvalue weighted by Gasteiger charge is 2.38. The number of aryl methyl sites for hydroxylation is 1. The molecule has 1 saturated carbocycles. The molecule has 2 heterocycles. The second kappa shape index (κ2) is 11.0. The first-order valence-corrected chi connectivity index (χ1v) is 11.8. The summed E-state index contributed by atoms with van der Waals surface area (Å²) in [5.41, 5.74) is 0.565. The molecule has 1 aromatic carbocycles. The molecule has 0 saturated heterocycles. The average molecular weight is 480 g/mol. The summed E-state index contributed by atoms with van der Waals surface area (Å²) in [5.74, 6) is 0.382. The Labute approximate surface area is 202 Å². The summed E-state index contributed by atoms with van der Waals surface area (Å²) < 4.78 is 10.5. The SMILES string of the molecule is CC(=O)NC1(c2noc(CCC(=O)Nc3ccc(NC(=O)c4ccco4)cc3)n2)CCCCCC1. The lowest BCUT2D eigenvalue weighted by molar-refractivity contribution is -0.121. The monoisotopic (exact) mass is 479 g/mol. The summed E-state index contributed by atoms with van der Waals surface area (Å²) in [7, 11) is 0. The van der Waals surface area contributed by atoms with Gasteiger partial charge in [-0.3, -0.25) is 14.4 Å². The Morgan fingerprint density at radius 1 is 0.971 bits per heavy atom. The van der Waals surface area contributed by atoms with Crippen LogP contribution in [-0.4, -0.2) is 27.9 Å². The van der Waals surface area contributed by atoms with Crippen LogP contribution in [0.4, 0.5) is 11.4 Å². The van der Waals surface area contributed by atoms with Gasteiger partial charge in [-0.05, 0) is 49.2 Å². The van der Waals surface area contributed by atoms with Gasteiger partial charge in [0.05, 0.1) is 6.26 Å². The first-order valence-electron chi connectivity index (χ1n) is 11.8. The zero-order chi connectivity index (χ0) is 24.7. The maximum absolute atomic E-state index is 12.4. The van der Waals surface area contributed by atoms with E-state index >= 15 is 0 Å². The van der Waals surface area contributed by atoms with Crippen LogP contribution in [0, 0.1) is 0 Å². The van der Waals surface area contributed by atoms with Crippen molar-refractivity contribution in [1.29, 1.82) is 0 Å². The highest BCUT2D eigenvalue weighted by atomic mass is 16.5. The summed E-state index contributed by atoms with van der Waals surface area (Å²) >= 11 is 0. The number of rotatable bonds is 8. The molecule has 0 bridgehead atoms. The number of anilines is 2. The third kappa shape index (κ3) is 6.34. The van der Waals surface area contributed by atoms with Crippen LogP contribution in [0.1, 0.15) is 74.1 Å². The number of aromatic nitrogens is 2. The summed E-state index contributed by atoms with van der Waals surface area (Å²) in [6.07, 6.45) is 7.61. The smallest absolute Gasteiger partial charge is 0.291 e. The Kier molecular flexibility index (Phi) is 7.59. The number of nitrogens with one attached hydrogen (secondary N) is 3.